The van der Waals surface area contributed by atoms with Crippen molar-refractivity contribution in [2.45, 2.75) is 38.5 Å². The molecule has 0 saturated carbocycles. The first-order valence-electron chi connectivity index (χ1n) is 9.62. The normalized spacial score (nSPS) is 19.9. The highest BCUT2D eigenvalue weighted by molar-refractivity contribution is 6.15. The van der Waals surface area contributed by atoms with Crippen LogP contribution in [-0.2, 0) is 19.1 Å². The molecule has 0 bridgehead atoms. The number of esters is 1. The summed E-state index contributed by atoms with van der Waals surface area (Å²) < 4.78 is 16.6. The molecule has 2 atom stereocenters. The third kappa shape index (κ3) is 3.34. The first-order valence-corrected chi connectivity index (χ1v) is 9.62. The average molecular weight is 410 g/mol. The number of ether oxygens (including phenoxy) is 3. The zero-order valence-electron chi connectivity index (χ0n) is 16.9. The fourth-order valence-electron chi connectivity index (χ4n) is 3.46. The summed E-state index contributed by atoms with van der Waals surface area (Å²) in [6, 6.07) is 14.0. The van der Waals surface area contributed by atoms with Crippen molar-refractivity contribution in [1.29, 1.82) is 0 Å². The van der Waals surface area contributed by atoms with Gasteiger partial charge in [-0.3, -0.25) is 14.5 Å². The molecule has 0 aromatic heterocycles. The van der Waals surface area contributed by atoms with Crippen LogP contribution in [0.3, 0.4) is 0 Å². The van der Waals surface area contributed by atoms with Crippen molar-refractivity contribution in [2.24, 2.45) is 0 Å². The number of benzene rings is 2. The molecule has 8 heteroatoms. The van der Waals surface area contributed by atoms with Crippen molar-refractivity contribution in [3.63, 3.8) is 0 Å². The number of para-hydroxylation sites is 4. The van der Waals surface area contributed by atoms with Crippen molar-refractivity contribution < 1.29 is 28.6 Å². The number of hydrogen-bond donors (Lipinski definition) is 1. The van der Waals surface area contributed by atoms with Gasteiger partial charge in [-0.15, -0.1) is 0 Å². The molecule has 2 amide bonds. The smallest absolute Gasteiger partial charge is 0.351 e. The summed E-state index contributed by atoms with van der Waals surface area (Å²) in [6.45, 7) is 4.74. The van der Waals surface area contributed by atoms with Crippen LogP contribution in [-0.4, -0.2) is 42.1 Å². The Morgan fingerprint density at radius 1 is 1.13 bits per heavy atom. The Labute approximate surface area is 173 Å². The molecule has 30 heavy (non-hydrogen) atoms. The Bertz CT molecular complexity index is 1020. The van der Waals surface area contributed by atoms with Crippen LogP contribution in [0, 0.1) is 0 Å². The van der Waals surface area contributed by atoms with E-state index in [1.165, 1.54) is 11.8 Å². The summed E-state index contributed by atoms with van der Waals surface area (Å²) in [7, 11) is 0. The number of amides is 2. The van der Waals surface area contributed by atoms with Gasteiger partial charge in [0.1, 0.15) is 12.1 Å². The summed E-state index contributed by atoms with van der Waals surface area (Å²) in [5.41, 5.74) is -0.0920. The van der Waals surface area contributed by atoms with Gasteiger partial charge < -0.3 is 19.5 Å². The minimum absolute atomic E-state index is 0.0167. The molecule has 8 nitrogen and oxygen atoms in total. The number of fused-ring (bicyclic) bond motifs is 2. The van der Waals surface area contributed by atoms with E-state index in [1.807, 2.05) is 0 Å². The molecule has 0 spiro atoms. The SMILES string of the molecule is C[C@@H](OC(=O)[C@@H]1COc2ccccc2O1)C(=O)N1c2ccccc2NC(=O)C1(C)C. The van der Waals surface area contributed by atoms with Crippen molar-refractivity contribution in [3.8, 4) is 11.5 Å². The summed E-state index contributed by atoms with van der Waals surface area (Å²) in [5, 5.41) is 2.80. The van der Waals surface area contributed by atoms with E-state index in [-0.39, 0.29) is 12.5 Å². The molecule has 2 aliphatic rings. The lowest BCUT2D eigenvalue weighted by atomic mass is 9.95. The van der Waals surface area contributed by atoms with Gasteiger partial charge in [0.2, 0.25) is 12.0 Å². The average Bonchev–Trinajstić information content (AvgIpc) is 2.73. The van der Waals surface area contributed by atoms with Gasteiger partial charge in [0, 0.05) is 0 Å². The number of hydrogen-bond acceptors (Lipinski definition) is 6. The molecule has 2 aromatic rings. The van der Waals surface area contributed by atoms with E-state index in [4.69, 9.17) is 14.2 Å². The highest BCUT2D eigenvalue weighted by Crippen LogP contribution is 2.37. The number of nitrogens with zero attached hydrogens (tertiary/aromatic N) is 1. The lowest BCUT2D eigenvalue weighted by Crippen LogP contribution is -2.60. The fraction of sp³-hybridized carbons (Fsp3) is 0.318. The van der Waals surface area contributed by atoms with Gasteiger partial charge in [-0.2, -0.15) is 0 Å². The number of anilines is 2. The highest BCUT2D eigenvalue weighted by atomic mass is 16.6. The number of rotatable bonds is 3. The van der Waals surface area contributed by atoms with Crippen LogP contribution in [0.1, 0.15) is 20.8 Å². The van der Waals surface area contributed by atoms with E-state index in [1.54, 1.807) is 62.4 Å². The predicted octanol–water partition coefficient (Wildman–Crippen LogP) is 2.52. The minimum atomic E-state index is -1.16. The van der Waals surface area contributed by atoms with Crippen molar-refractivity contribution in [3.05, 3.63) is 48.5 Å². The third-order valence-corrected chi connectivity index (χ3v) is 5.14. The van der Waals surface area contributed by atoms with Gasteiger partial charge in [0.05, 0.1) is 11.4 Å². The summed E-state index contributed by atoms with van der Waals surface area (Å²) in [6.07, 6.45) is -2.11. The van der Waals surface area contributed by atoms with Crippen LogP contribution >= 0.6 is 0 Å². The molecule has 2 aromatic carbocycles. The Morgan fingerprint density at radius 3 is 2.57 bits per heavy atom. The third-order valence-electron chi connectivity index (χ3n) is 5.14. The van der Waals surface area contributed by atoms with Crippen LogP contribution in [0.15, 0.2) is 48.5 Å². The van der Waals surface area contributed by atoms with E-state index in [9.17, 15) is 14.4 Å². The standard InChI is InChI=1S/C22H22N2O6/c1-13(29-20(26)18-12-28-16-10-6-7-11-17(16)30-18)19(25)24-15-9-5-4-8-14(15)23-21(27)22(24,2)3/h4-11,13,18H,12H2,1-3H3,(H,23,27)/t13-,18+/m1/s1. The van der Waals surface area contributed by atoms with E-state index in [2.05, 4.69) is 5.32 Å². The maximum atomic E-state index is 13.2. The molecule has 0 radical (unpaired) electrons. The van der Waals surface area contributed by atoms with Crippen LogP contribution < -0.4 is 19.7 Å². The number of nitrogens with one attached hydrogen (secondary N) is 1. The molecule has 0 saturated heterocycles. The van der Waals surface area contributed by atoms with E-state index >= 15 is 0 Å². The zero-order valence-corrected chi connectivity index (χ0v) is 16.9. The number of carbonyl (C=O) groups excluding carboxylic acids is 3. The zero-order chi connectivity index (χ0) is 21.5. The van der Waals surface area contributed by atoms with Gasteiger partial charge >= 0.3 is 5.97 Å². The number of carbonyl (C=O) groups is 3. The minimum Gasteiger partial charge on any atom is -0.485 e. The van der Waals surface area contributed by atoms with Crippen molar-refractivity contribution >= 4 is 29.2 Å². The maximum Gasteiger partial charge on any atom is 0.351 e. The Morgan fingerprint density at radius 2 is 1.80 bits per heavy atom. The Hall–Kier alpha value is -3.55. The maximum absolute atomic E-state index is 13.2. The second kappa shape index (κ2) is 7.37. The van der Waals surface area contributed by atoms with Crippen molar-refractivity contribution in [2.75, 3.05) is 16.8 Å². The molecule has 2 heterocycles. The molecule has 156 valence electrons. The molecule has 0 aliphatic carbocycles. The van der Waals surface area contributed by atoms with Crippen molar-refractivity contribution in [1.82, 2.24) is 0 Å². The van der Waals surface area contributed by atoms with Gasteiger partial charge in [0.15, 0.2) is 17.6 Å². The fourth-order valence-corrected chi connectivity index (χ4v) is 3.46. The summed E-state index contributed by atoms with van der Waals surface area (Å²) >= 11 is 0. The quantitative estimate of drug-likeness (QED) is 0.782. The van der Waals surface area contributed by atoms with Gasteiger partial charge in [0.25, 0.3) is 5.91 Å². The van der Waals surface area contributed by atoms with E-state index in [0.717, 1.165) is 0 Å². The molecule has 0 fully saturated rings. The first kappa shape index (κ1) is 19.8. The first-order chi connectivity index (χ1) is 14.3. The summed E-state index contributed by atoms with van der Waals surface area (Å²) in [5.74, 6) is -0.560. The van der Waals surface area contributed by atoms with Crippen LogP contribution in [0.4, 0.5) is 11.4 Å². The molecule has 4 rings (SSSR count). The van der Waals surface area contributed by atoms with Gasteiger partial charge in [-0.1, -0.05) is 24.3 Å². The van der Waals surface area contributed by atoms with E-state index < -0.39 is 29.6 Å². The lowest BCUT2D eigenvalue weighted by Gasteiger charge is -2.42. The summed E-state index contributed by atoms with van der Waals surface area (Å²) in [4.78, 5) is 39.8. The Balaban J connectivity index is 1.51. The van der Waals surface area contributed by atoms with Gasteiger partial charge in [-0.05, 0) is 45.0 Å². The van der Waals surface area contributed by atoms with Gasteiger partial charge in [-0.25, -0.2) is 4.79 Å². The second-order valence-corrected chi connectivity index (χ2v) is 7.65. The van der Waals surface area contributed by atoms with Crippen LogP contribution in [0.25, 0.3) is 0 Å². The van der Waals surface area contributed by atoms with E-state index in [0.29, 0.717) is 22.9 Å². The highest BCUT2D eigenvalue weighted by Gasteiger charge is 2.45. The largest absolute Gasteiger partial charge is 0.485 e. The second-order valence-electron chi connectivity index (χ2n) is 7.65. The monoisotopic (exact) mass is 410 g/mol. The molecule has 2 aliphatic heterocycles. The lowest BCUT2D eigenvalue weighted by molar-refractivity contribution is -0.163. The topological polar surface area (TPSA) is 94.2 Å². The molecule has 0 unspecified atom stereocenters. The molecular weight excluding hydrogens is 388 g/mol. The molecule has 1 N–H and O–H groups in total. The Kier molecular flexibility index (Phi) is 4.85. The molecular formula is C22H22N2O6. The van der Waals surface area contributed by atoms with Crippen LogP contribution in [0.5, 0.6) is 11.5 Å². The van der Waals surface area contributed by atoms with Crippen LogP contribution in [0.2, 0.25) is 0 Å². The predicted molar refractivity (Wildman–Crippen MR) is 109 cm³/mol.